The van der Waals surface area contributed by atoms with Crippen LogP contribution in [-0.4, -0.2) is 31.4 Å². The van der Waals surface area contributed by atoms with Crippen molar-refractivity contribution in [1.82, 2.24) is 0 Å². The van der Waals surface area contributed by atoms with Gasteiger partial charge in [0.05, 0.1) is 18.8 Å². The number of carbonyl (C=O) groups is 2. The molecule has 0 amide bonds. The Bertz CT molecular complexity index is 914. The average Bonchev–Trinajstić information content (AvgIpc) is 3.08. The molecule has 0 saturated carbocycles. The zero-order valence-corrected chi connectivity index (χ0v) is 18.8. The molecule has 5 nitrogen and oxygen atoms in total. The molecule has 1 aromatic carbocycles. The molecule has 0 radical (unpaired) electrons. The van der Waals surface area contributed by atoms with Crippen LogP contribution in [0, 0.1) is 13.8 Å². The number of nitrogens with zero attached hydrogens (tertiary/aromatic N) is 1. The summed E-state index contributed by atoms with van der Waals surface area (Å²) in [5, 5.41) is 0.472. The van der Waals surface area contributed by atoms with E-state index in [4.69, 9.17) is 9.47 Å². The van der Waals surface area contributed by atoms with E-state index in [0.717, 1.165) is 16.9 Å². The molecule has 1 atom stereocenters. The lowest BCUT2D eigenvalue weighted by atomic mass is 10.0. The van der Waals surface area contributed by atoms with Crippen molar-refractivity contribution in [1.29, 1.82) is 0 Å². The highest BCUT2D eigenvalue weighted by Gasteiger charge is 2.31. The maximum Gasteiger partial charge on any atom is 0.342 e. The summed E-state index contributed by atoms with van der Waals surface area (Å²) in [6, 6.07) is 6.05. The molecule has 0 saturated heterocycles. The summed E-state index contributed by atoms with van der Waals surface area (Å²) < 4.78 is 10.5. The van der Waals surface area contributed by atoms with E-state index in [1.165, 1.54) is 22.5 Å². The number of benzene rings is 1. The number of hydrogen-bond donors (Lipinski definition) is 0. The zero-order chi connectivity index (χ0) is 21.6. The average molecular weight is 416 g/mol. The van der Waals surface area contributed by atoms with E-state index in [-0.39, 0.29) is 30.3 Å². The van der Waals surface area contributed by atoms with Crippen LogP contribution in [0.25, 0.3) is 0 Å². The van der Waals surface area contributed by atoms with Gasteiger partial charge in [-0.15, -0.1) is 11.3 Å². The highest BCUT2D eigenvalue weighted by atomic mass is 32.1. The Balaban J connectivity index is 2.62. The Hall–Kier alpha value is -2.47. The Labute approximate surface area is 176 Å². The summed E-state index contributed by atoms with van der Waals surface area (Å²) in [5.41, 5.74) is 3.79. The van der Waals surface area contributed by atoms with E-state index in [9.17, 15) is 9.59 Å². The normalized spacial score (nSPS) is 12.2. The summed E-state index contributed by atoms with van der Waals surface area (Å²) in [7, 11) is 0. The fourth-order valence-electron chi connectivity index (χ4n) is 2.84. The number of rotatable bonds is 8. The van der Waals surface area contributed by atoms with Crippen LogP contribution >= 0.6 is 11.3 Å². The lowest BCUT2D eigenvalue weighted by Crippen LogP contribution is -2.14. The second-order valence-corrected chi connectivity index (χ2v) is 7.90. The quantitative estimate of drug-likeness (QED) is 0.393. The van der Waals surface area contributed by atoms with Gasteiger partial charge in [0, 0.05) is 11.1 Å². The fourth-order valence-corrected chi connectivity index (χ4v) is 4.09. The van der Waals surface area contributed by atoms with Crippen LogP contribution in [0.3, 0.4) is 0 Å². The first-order valence-electron chi connectivity index (χ1n) is 9.96. The van der Waals surface area contributed by atoms with Gasteiger partial charge in [-0.2, -0.15) is 0 Å². The lowest BCUT2D eigenvalue weighted by molar-refractivity contribution is 0.0479. The summed E-state index contributed by atoms with van der Waals surface area (Å²) in [6.07, 6.45) is 2.55. The predicted octanol–water partition coefficient (Wildman–Crippen LogP) is 5.98. The summed E-state index contributed by atoms with van der Waals surface area (Å²) in [6.45, 7) is 12.1. The third-order valence-electron chi connectivity index (χ3n) is 4.80. The molecular weight excluding hydrogens is 386 g/mol. The van der Waals surface area contributed by atoms with Gasteiger partial charge in [-0.05, 0) is 56.7 Å². The van der Waals surface area contributed by atoms with Crippen LogP contribution in [0.5, 0.6) is 0 Å². The first kappa shape index (κ1) is 22.8. The number of aryl methyl sites for hydroxylation is 2. The summed E-state index contributed by atoms with van der Waals surface area (Å²) >= 11 is 1.35. The van der Waals surface area contributed by atoms with Gasteiger partial charge in [-0.1, -0.05) is 32.0 Å². The molecule has 1 aromatic heterocycles. The van der Waals surface area contributed by atoms with Gasteiger partial charge >= 0.3 is 11.9 Å². The third-order valence-corrected chi connectivity index (χ3v) is 6.13. The van der Waals surface area contributed by atoms with Crippen molar-refractivity contribution in [2.24, 2.45) is 4.99 Å². The molecule has 29 heavy (non-hydrogen) atoms. The minimum atomic E-state index is -0.548. The molecule has 1 unspecified atom stereocenters. The van der Waals surface area contributed by atoms with E-state index in [1.54, 1.807) is 20.1 Å². The molecular formula is C23H29NO4S. The standard InChI is InChI=1S/C23H29NO4S/c1-7-14(4)20-18(22(25)27-8-2)19(23(26)28-9-3)21(29-20)24-13-17-11-10-15(5)16(6)12-17/h10-14H,7-9H2,1-6H3. The number of hydrogen-bond acceptors (Lipinski definition) is 6. The van der Waals surface area contributed by atoms with Gasteiger partial charge in [0.15, 0.2) is 0 Å². The van der Waals surface area contributed by atoms with Gasteiger partial charge < -0.3 is 9.47 Å². The number of esters is 2. The van der Waals surface area contributed by atoms with Crippen molar-refractivity contribution in [2.75, 3.05) is 13.2 Å². The number of carbonyl (C=O) groups excluding carboxylic acids is 2. The molecule has 0 bridgehead atoms. The van der Waals surface area contributed by atoms with Crippen molar-refractivity contribution in [3.8, 4) is 0 Å². The lowest BCUT2D eigenvalue weighted by Gasteiger charge is -2.10. The van der Waals surface area contributed by atoms with Crippen LogP contribution in [-0.2, 0) is 9.47 Å². The van der Waals surface area contributed by atoms with Crippen molar-refractivity contribution in [3.05, 3.63) is 50.9 Å². The maximum absolute atomic E-state index is 12.7. The van der Waals surface area contributed by atoms with Gasteiger partial charge in [0.2, 0.25) is 0 Å². The van der Waals surface area contributed by atoms with Crippen molar-refractivity contribution in [3.63, 3.8) is 0 Å². The summed E-state index contributed by atoms with van der Waals surface area (Å²) in [4.78, 5) is 30.8. The Kier molecular flexibility index (Phi) is 8.14. The summed E-state index contributed by atoms with van der Waals surface area (Å²) in [5.74, 6) is -0.957. The predicted molar refractivity (Wildman–Crippen MR) is 118 cm³/mol. The number of ether oxygens (including phenoxy) is 2. The minimum absolute atomic E-state index is 0.0955. The number of thiophene rings is 1. The largest absolute Gasteiger partial charge is 0.462 e. The van der Waals surface area contributed by atoms with E-state index in [2.05, 4.69) is 11.9 Å². The van der Waals surface area contributed by atoms with Crippen LogP contribution in [0.15, 0.2) is 23.2 Å². The number of aliphatic imine (C=N–C) groups is 1. The first-order valence-corrected chi connectivity index (χ1v) is 10.8. The minimum Gasteiger partial charge on any atom is -0.462 e. The monoisotopic (exact) mass is 415 g/mol. The van der Waals surface area contributed by atoms with Crippen molar-refractivity contribution >= 4 is 34.5 Å². The molecule has 0 spiro atoms. The van der Waals surface area contributed by atoms with E-state index < -0.39 is 11.9 Å². The maximum atomic E-state index is 12.7. The highest BCUT2D eigenvalue weighted by Crippen LogP contribution is 2.41. The van der Waals surface area contributed by atoms with Gasteiger partial charge in [0.1, 0.15) is 10.6 Å². The van der Waals surface area contributed by atoms with Crippen LogP contribution in [0.1, 0.15) is 82.3 Å². The smallest absolute Gasteiger partial charge is 0.342 e. The molecule has 0 aliphatic heterocycles. The van der Waals surface area contributed by atoms with E-state index >= 15 is 0 Å². The molecule has 0 fully saturated rings. The van der Waals surface area contributed by atoms with Crippen molar-refractivity contribution in [2.45, 2.75) is 53.9 Å². The zero-order valence-electron chi connectivity index (χ0n) is 18.0. The molecule has 1 heterocycles. The van der Waals surface area contributed by atoms with Crippen LogP contribution in [0.2, 0.25) is 0 Å². The molecule has 0 N–H and O–H groups in total. The third kappa shape index (κ3) is 5.32. The molecule has 2 aromatic rings. The molecule has 0 aliphatic rings. The molecule has 2 rings (SSSR count). The van der Waals surface area contributed by atoms with Crippen LogP contribution in [0.4, 0.5) is 5.00 Å². The molecule has 0 aliphatic carbocycles. The van der Waals surface area contributed by atoms with E-state index in [0.29, 0.717) is 5.00 Å². The fraction of sp³-hybridized carbons (Fsp3) is 0.435. The molecule has 156 valence electrons. The Morgan fingerprint density at radius 1 is 1.03 bits per heavy atom. The SMILES string of the molecule is CCOC(=O)c1c(N=Cc2ccc(C)c(C)c2)sc(C(C)CC)c1C(=O)OCC. The Morgan fingerprint density at radius 2 is 1.66 bits per heavy atom. The van der Waals surface area contributed by atoms with Gasteiger partial charge in [0.25, 0.3) is 0 Å². The van der Waals surface area contributed by atoms with Gasteiger partial charge in [-0.3, -0.25) is 0 Å². The first-order chi connectivity index (χ1) is 13.8. The Morgan fingerprint density at radius 3 is 2.21 bits per heavy atom. The molecule has 6 heteroatoms. The van der Waals surface area contributed by atoms with Crippen LogP contribution < -0.4 is 0 Å². The highest BCUT2D eigenvalue weighted by molar-refractivity contribution is 7.16. The van der Waals surface area contributed by atoms with Crippen molar-refractivity contribution < 1.29 is 19.1 Å². The second-order valence-electron chi connectivity index (χ2n) is 6.87. The topological polar surface area (TPSA) is 65.0 Å². The van der Waals surface area contributed by atoms with Gasteiger partial charge in [-0.25, -0.2) is 14.6 Å². The van der Waals surface area contributed by atoms with E-state index in [1.807, 2.05) is 39.0 Å². The second kappa shape index (κ2) is 10.3.